The van der Waals surface area contributed by atoms with E-state index in [4.69, 9.17) is 9.47 Å². The number of nitrogens with one attached hydrogen (secondary N) is 2. The average Bonchev–Trinajstić information content (AvgIpc) is 3.04. The van der Waals surface area contributed by atoms with E-state index in [1.54, 1.807) is 29.6 Å². The fourth-order valence-corrected chi connectivity index (χ4v) is 2.90. The molecular formula is C13H20IN5O5. The number of aliphatic hydroxyl groups excluding tert-OH is 2. The van der Waals surface area contributed by atoms with Crippen molar-refractivity contribution in [2.75, 3.05) is 26.1 Å². The maximum absolute atomic E-state index is 12.2. The number of fused-ring (bicyclic) bond motifs is 1. The molecule has 3 heterocycles. The van der Waals surface area contributed by atoms with Gasteiger partial charge in [0, 0.05) is 14.2 Å². The third-order valence-corrected chi connectivity index (χ3v) is 4.05. The normalized spacial score (nSPS) is 26.5. The van der Waals surface area contributed by atoms with E-state index in [1.165, 1.54) is 7.11 Å². The van der Waals surface area contributed by atoms with Gasteiger partial charge in [-0.15, -0.1) is 0 Å². The largest absolute Gasteiger partial charge is 1.00 e. The molecule has 4 N–H and O–H groups in total. The van der Waals surface area contributed by atoms with Crippen molar-refractivity contribution in [2.24, 2.45) is 7.05 Å². The van der Waals surface area contributed by atoms with E-state index in [2.05, 4.69) is 15.3 Å². The second-order valence-corrected chi connectivity index (χ2v) is 5.41. The summed E-state index contributed by atoms with van der Waals surface area (Å²) in [6, 6.07) is 0. The maximum atomic E-state index is 12.2. The van der Waals surface area contributed by atoms with Gasteiger partial charge in [-0.25, -0.2) is 4.57 Å². The first-order valence-corrected chi connectivity index (χ1v) is 7.17. The number of hydrogen-bond donors (Lipinski definition) is 4. The Labute approximate surface area is 154 Å². The first-order chi connectivity index (χ1) is 11.0. The minimum Gasteiger partial charge on any atom is -1.00 e. The predicted octanol–water partition coefficient (Wildman–Crippen LogP) is -5.14. The summed E-state index contributed by atoms with van der Waals surface area (Å²) in [6.45, 7) is -0.335. The molecular weight excluding hydrogens is 433 g/mol. The van der Waals surface area contributed by atoms with Gasteiger partial charge in [0.25, 0.3) is 11.5 Å². The number of halogens is 1. The Kier molecular flexibility index (Phi) is 5.80. The van der Waals surface area contributed by atoms with Gasteiger partial charge in [0.1, 0.15) is 18.3 Å². The molecule has 11 heteroatoms. The van der Waals surface area contributed by atoms with Gasteiger partial charge in [0.15, 0.2) is 6.33 Å². The molecule has 0 bridgehead atoms. The highest BCUT2D eigenvalue weighted by Gasteiger charge is 2.47. The Balaban J connectivity index is 0.00000208. The van der Waals surface area contributed by atoms with Crippen molar-refractivity contribution in [3.8, 4) is 0 Å². The SMILES string of the molecule is CNc1nc2c(c(=O)[nH]1)n(C)c[n+]2[C@@H]1O[C@H](CO)[C@@H](O)[C@H]1OC.[I-]. The molecule has 10 nitrogen and oxygen atoms in total. The van der Waals surface area contributed by atoms with Gasteiger partial charge < -0.3 is 49.0 Å². The van der Waals surface area contributed by atoms with Crippen molar-refractivity contribution in [3.05, 3.63) is 16.7 Å². The van der Waals surface area contributed by atoms with Crippen LogP contribution in [0.4, 0.5) is 5.95 Å². The topological polar surface area (TPSA) is 126 Å². The fraction of sp³-hybridized carbons (Fsp3) is 0.615. The van der Waals surface area contributed by atoms with E-state index >= 15 is 0 Å². The van der Waals surface area contributed by atoms with Crippen LogP contribution in [0.2, 0.25) is 0 Å². The number of aliphatic hydroxyl groups is 2. The highest BCUT2D eigenvalue weighted by Crippen LogP contribution is 2.28. The lowest BCUT2D eigenvalue weighted by Crippen LogP contribution is -3.00. The number of hydrogen-bond acceptors (Lipinski definition) is 7. The van der Waals surface area contributed by atoms with E-state index in [1.807, 2.05) is 0 Å². The van der Waals surface area contributed by atoms with E-state index < -0.39 is 24.5 Å². The van der Waals surface area contributed by atoms with Crippen LogP contribution >= 0.6 is 0 Å². The molecule has 0 aliphatic carbocycles. The van der Waals surface area contributed by atoms with E-state index in [0.717, 1.165) is 0 Å². The zero-order valence-corrected chi connectivity index (χ0v) is 15.6. The summed E-state index contributed by atoms with van der Waals surface area (Å²) < 4.78 is 14.3. The number of rotatable bonds is 4. The average molecular weight is 453 g/mol. The van der Waals surface area contributed by atoms with Crippen molar-refractivity contribution < 1.29 is 48.2 Å². The van der Waals surface area contributed by atoms with Gasteiger partial charge in [-0.3, -0.25) is 14.3 Å². The molecule has 134 valence electrons. The minimum atomic E-state index is -0.983. The Hall–Kier alpha value is -1.28. The number of methoxy groups -OCH3 is 1. The fourth-order valence-electron chi connectivity index (χ4n) is 2.90. The molecule has 0 spiro atoms. The lowest BCUT2D eigenvalue weighted by molar-refractivity contribution is -0.746. The summed E-state index contributed by atoms with van der Waals surface area (Å²) in [4.78, 5) is 19.2. The second-order valence-electron chi connectivity index (χ2n) is 5.41. The summed E-state index contributed by atoms with van der Waals surface area (Å²) in [7, 11) is 4.81. The van der Waals surface area contributed by atoms with Gasteiger partial charge in [0.05, 0.1) is 13.7 Å². The van der Waals surface area contributed by atoms with Crippen LogP contribution in [-0.2, 0) is 16.5 Å². The molecule has 0 aromatic carbocycles. The van der Waals surface area contributed by atoms with Gasteiger partial charge in [-0.2, -0.15) is 0 Å². The number of anilines is 1. The standard InChI is InChI=1S/C13H19N5O5.HI/c1-14-13-15-10-7(11(21)16-13)17(2)5-18(10)12-9(22-3)8(20)6(4-19)23-12;/h5-6,8-9,12,19-20H,4H2,1-3H3,(H-,14,15,16,21);1H/t6-,8-,9-,12-;/m1./s1. The summed E-state index contributed by atoms with van der Waals surface area (Å²) in [6.07, 6.45) is -1.51. The Morgan fingerprint density at radius 1 is 1.58 bits per heavy atom. The number of nitrogens with zero attached hydrogens (tertiary/aromatic N) is 3. The Morgan fingerprint density at radius 2 is 2.29 bits per heavy atom. The number of aromatic nitrogens is 4. The smallest absolute Gasteiger partial charge is 0.313 e. The van der Waals surface area contributed by atoms with Crippen LogP contribution in [0.1, 0.15) is 6.23 Å². The van der Waals surface area contributed by atoms with Gasteiger partial charge in [-0.1, -0.05) is 4.98 Å². The highest BCUT2D eigenvalue weighted by atomic mass is 127. The second kappa shape index (κ2) is 7.31. The Morgan fingerprint density at radius 3 is 2.88 bits per heavy atom. The molecule has 2 aromatic rings. The third kappa shape index (κ3) is 2.90. The molecule has 24 heavy (non-hydrogen) atoms. The van der Waals surface area contributed by atoms with Gasteiger partial charge in [-0.05, 0) is 0 Å². The summed E-state index contributed by atoms with van der Waals surface area (Å²) >= 11 is 0. The number of imidazole rings is 1. The van der Waals surface area contributed by atoms with Crippen LogP contribution in [-0.4, -0.2) is 63.8 Å². The molecule has 0 amide bonds. The highest BCUT2D eigenvalue weighted by molar-refractivity contribution is 5.67. The van der Waals surface area contributed by atoms with Gasteiger partial charge in [0.2, 0.25) is 11.7 Å². The van der Waals surface area contributed by atoms with Gasteiger partial charge >= 0.3 is 5.65 Å². The van der Waals surface area contributed by atoms with Crippen molar-refractivity contribution >= 4 is 17.1 Å². The Bertz CT molecular complexity index is 778. The van der Waals surface area contributed by atoms with E-state index in [0.29, 0.717) is 17.1 Å². The predicted molar refractivity (Wildman–Crippen MR) is 78.9 cm³/mol. The molecule has 1 aliphatic rings. The lowest BCUT2D eigenvalue weighted by atomic mass is 10.1. The van der Waals surface area contributed by atoms with Crippen molar-refractivity contribution in [2.45, 2.75) is 24.5 Å². The number of aryl methyl sites for hydroxylation is 1. The third-order valence-electron chi connectivity index (χ3n) is 4.05. The number of H-pyrrole nitrogens is 1. The first kappa shape index (κ1) is 19.1. The van der Waals surface area contributed by atoms with Crippen LogP contribution in [0.25, 0.3) is 11.2 Å². The quantitative estimate of drug-likeness (QED) is 0.270. The molecule has 1 fully saturated rings. The molecule has 0 unspecified atom stereocenters. The van der Waals surface area contributed by atoms with Crippen LogP contribution in [0.15, 0.2) is 11.1 Å². The lowest BCUT2D eigenvalue weighted by Gasteiger charge is -2.16. The molecule has 0 radical (unpaired) electrons. The number of ether oxygens (including phenoxy) is 2. The van der Waals surface area contributed by atoms with Crippen LogP contribution in [0.5, 0.6) is 0 Å². The zero-order chi connectivity index (χ0) is 16.7. The maximum Gasteiger partial charge on any atom is 0.313 e. The van der Waals surface area contributed by atoms with Crippen LogP contribution in [0, 0.1) is 0 Å². The van der Waals surface area contributed by atoms with E-state index in [9.17, 15) is 15.0 Å². The summed E-state index contributed by atoms with van der Waals surface area (Å²) in [5, 5.41) is 22.3. The van der Waals surface area contributed by atoms with Crippen LogP contribution < -0.4 is 39.4 Å². The monoisotopic (exact) mass is 453 g/mol. The molecule has 3 rings (SSSR count). The van der Waals surface area contributed by atoms with Crippen molar-refractivity contribution in [1.29, 1.82) is 0 Å². The number of aromatic amines is 1. The first-order valence-electron chi connectivity index (χ1n) is 7.17. The molecule has 1 saturated heterocycles. The summed E-state index contributed by atoms with van der Waals surface area (Å²) in [5.74, 6) is 0.314. The molecule has 4 atom stereocenters. The van der Waals surface area contributed by atoms with Crippen molar-refractivity contribution in [3.63, 3.8) is 0 Å². The molecule has 2 aromatic heterocycles. The molecule has 1 aliphatic heterocycles. The van der Waals surface area contributed by atoms with E-state index in [-0.39, 0.29) is 36.1 Å². The summed E-state index contributed by atoms with van der Waals surface area (Å²) in [5.41, 5.74) is 0.453. The van der Waals surface area contributed by atoms with Crippen LogP contribution in [0.3, 0.4) is 0 Å². The van der Waals surface area contributed by atoms with Crippen molar-refractivity contribution in [1.82, 2.24) is 14.5 Å². The molecule has 0 saturated carbocycles. The minimum absolute atomic E-state index is 0. The zero-order valence-electron chi connectivity index (χ0n) is 13.4.